The van der Waals surface area contributed by atoms with Gasteiger partial charge in [0.2, 0.25) is 0 Å². The van der Waals surface area contributed by atoms with Gasteiger partial charge in [0.1, 0.15) is 6.04 Å². The van der Waals surface area contributed by atoms with Crippen molar-refractivity contribution < 1.29 is 14.3 Å². The molecule has 1 saturated heterocycles. The highest BCUT2D eigenvalue weighted by molar-refractivity contribution is 6.04. The maximum atomic E-state index is 11.5. The predicted octanol–water partition coefficient (Wildman–Crippen LogP) is 0.400. The molecule has 3 amide bonds. The molecule has 5 nitrogen and oxygen atoms in total. The minimum Gasteiger partial charge on any atom is -0.381 e. The van der Waals surface area contributed by atoms with Crippen molar-refractivity contribution in [3.05, 3.63) is 0 Å². The van der Waals surface area contributed by atoms with Crippen LogP contribution in [0.1, 0.15) is 25.7 Å². The van der Waals surface area contributed by atoms with Crippen LogP contribution in [0.4, 0.5) is 4.79 Å². The molecule has 2 rings (SSSR count). The smallest absolute Gasteiger partial charge is 0.322 e. The van der Waals surface area contributed by atoms with Crippen LogP contribution in [0.2, 0.25) is 0 Å². The second kappa shape index (κ2) is 4.18. The maximum Gasteiger partial charge on any atom is 0.322 e. The molecule has 3 unspecified atom stereocenters. The van der Waals surface area contributed by atoms with Gasteiger partial charge in [-0.05, 0) is 12.8 Å². The molecule has 0 aromatic carbocycles. The van der Waals surface area contributed by atoms with Gasteiger partial charge in [0.25, 0.3) is 5.91 Å². The van der Waals surface area contributed by atoms with Crippen LogP contribution in [0, 0.1) is 5.92 Å². The van der Waals surface area contributed by atoms with E-state index >= 15 is 0 Å². The lowest BCUT2D eigenvalue weighted by atomic mass is 9.81. The topological polar surface area (TPSA) is 67.4 Å². The number of hydrogen-bond acceptors (Lipinski definition) is 3. The Labute approximate surface area is 88.5 Å². The van der Waals surface area contributed by atoms with E-state index in [1.165, 1.54) is 0 Å². The molecule has 0 bridgehead atoms. The Kier molecular flexibility index (Phi) is 2.90. The van der Waals surface area contributed by atoms with Gasteiger partial charge < -0.3 is 10.1 Å². The average Bonchev–Trinajstić information content (AvgIpc) is 2.57. The van der Waals surface area contributed by atoms with Gasteiger partial charge in [0.15, 0.2) is 0 Å². The van der Waals surface area contributed by atoms with Crippen LogP contribution in [0.3, 0.4) is 0 Å². The van der Waals surface area contributed by atoms with Crippen molar-refractivity contribution in [1.82, 2.24) is 10.6 Å². The summed E-state index contributed by atoms with van der Waals surface area (Å²) < 4.78 is 5.37. The highest BCUT2D eigenvalue weighted by Gasteiger charge is 2.41. The number of urea groups is 1. The molecule has 84 valence electrons. The number of imide groups is 1. The first-order valence-corrected chi connectivity index (χ1v) is 5.36. The fraction of sp³-hybridized carbons (Fsp3) is 0.800. The third-order valence-electron chi connectivity index (χ3n) is 3.29. The molecule has 2 fully saturated rings. The van der Waals surface area contributed by atoms with E-state index in [1.807, 2.05) is 0 Å². The molecule has 1 aliphatic carbocycles. The standard InChI is InChI=1S/C10H16N2O3/c1-15-7-5-3-2-4-6(7)8-9(13)12-10(14)11-8/h6-8H,2-5H2,1H3,(H2,11,12,13,14). The largest absolute Gasteiger partial charge is 0.381 e. The van der Waals surface area contributed by atoms with E-state index in [-0.39, 0.29) is 24.0 Å². The van der Waals surface area contributed by atoms with Gasteiger partial charge in [0.05, 0.1) is 6.10 Å². The molecule has 1 saturated carbocycles. The SMILES string of the molecule is COC1CCCCC1C1NC(=O)NC1=O. The Morgan fingerprint density at radius 1 is 1.27 bits per heavy atom. The molecule has 2 aliphatic rings. The van der Waals surface area contributed by atoms with Gasteiger partial charge >= 0.3 is 6.03 Å². The zero-order valence-electron chi connectivity index (χ0n) is 8.79. The molecular formula is C10H16N2O3. The summed E-state index contributed by atoms with van der Waals surface area (Å²) in [4.78, 5) is 22.5. The fourth-order valence-corrected chi connectivity index (χ4v) is 2.53. The van der Waals surface area contributed by atoms with E-state index in [0.717, 1.165) is 25.7 Å². The second-order valence-electron chi connectivity index (χ2n) is 4.16. The Hall–Kier alpha value is -1.10. The average molecular weight is 212 g/mol. The van der Waals surface area contributed by atoms with Gasteiger partial charge in [-0.3, -0.25) is 10.1 Å². The van der Waals surface area contributed by atoms with Gasteiger partial charge in [0, 0.05) is 13.0 Å². The molecule has 15 heavy (non-hydrogen) atoms. The van der Waals surface area contributed by atoms with Crippen LogP contribution in [0.5, 0.6) is 0 Å². The first-order valence-electron chi connectivity index (χ1n) is 5.36. The summed E-state index contributed by atoms with van der Waals surface area (Å²) in [6, 6.07) is -0.784. The first kappa shape index (κ1) is 10.4. The van der Waals surface area contributed by atoms with Crippen LogP contribution < -0.4 is 10.6 Å². The number of carbonyl (C=O) groups is 2. The Morgan fingerprint density at radius 2 is 2.00 bits per heavy atom. The molecule has 0 aromatic rings. The summed E-state index contributed by atoms with van der Waals surface area (Å²) in [6.07, 6.45) is 4.24. The minimum atomic E-state index is -0.400. The lowest BCUT2D eigenvalue weighted by molar-refractivity contribution is -0.123. The number of methoxy groups -OCH3 is 1. The van der Waals surface area contributed by atoms with Crippen molar-refractivity contribution in [2.75, 3.05) is 7.11 Å². The lowest BCUT2D eigenvalue weighted by Crippen LogP contribution is -2.45. The maximum absolute atomic E-state index is 11.5. The second-order valence-corrected chi connectivity index (χ2v) is 4.16. The van der Waals surface area contributed by atoms with E-state index in [4.69, 9.17) is 4.74 Å². The van der Waals surface area contributed by atoms with Crippen LogP contribution in [0.25, 0.3) is 0 Å². The zero-order chi connectivity index (χ0) is 10.8. The summed E-state index contributed by atoms with van der Waals surface area (Å²) in [5.41, 5.74) is 0. The Balaban J connectivity index is 2.07. The van der Waals surface area contributed by atoms with Crippen molar-refractivity contribution in [2.24, 2.45) is 5.92 Å². The quantitative estimate of drug-likeness (QED) is 0.651. The molecular weight excluding hydrogens is 196 g/mol. The van der Waals surface area contributed by atoms with Gasteiger partial charge in [-0.1, -0.05) is 12.8 Å². The molecule has 0 aromatic heterocycles. The summed E-state index contributed by atoms with van der Waals surface area (Å²) >= 11 is 0. The highest BCUT2D eigenvalue weighted by Crippen LogP contribution is 2.30. The minimum absolute atomic E-state index is 0.0906. The van der Waals surface area contributed by atoms with E-state index < -0.39 is 6.04 Å². The number of amides is 3. The number of carbonyl (C=O) groups excluding carboxylic acids is 2. The zero-order valence-corrected chi connectivity index (χ0v) is 8.79. The van der Waals surface area contributed by atoms with Crippen molar-refractivity contribution in [3.63, 3.8) is 0 Å². The summed E-state index contributed by atoms with van der Waals surface area (Å²) in [5, 5.41) is 4.92. The van der Waals surface area contributed by atoms with Crippen LogP contribution in [-0.4, -0.2) is 31.2 Å². The van der Waals surface area contributed by atoms with Crippen molar-refractivity contribution in [2.45, 2.75) is 37.8 Å². The molecule has 3 atom stereocenters. The number of hydrogen-bond donors (Lipinski definition) is 2. The van der Waals surface area contributed by atoms with Gasteiger partial charge in [-0.2, -0.15) is 0 Å². The predicted molar refractivity (Wildman–Crippen MR) is 53.2 cm³/mol. The van der Waals surface area contributed by atoms with Crippen LogP contribution in [0.15, 0.2) is 0 Å². The normalized spacial score (nSPS) is 36.2. The van der Waals surface area contributed by atoms with Crippen molar-refractivity contribution in [3.8, 4) is 0 Å². The fourth-order valence-electron chi connectivity index (χ4n) is 2.53. The summed E-state index contributed by atoms with van der Waals surface area (Å²) in [5.74, 6) is -0.0934. The van der Waals surface area contributed by atoms with E-state index in [9.17, 15) is 9.59 Å². The Bertz CT molecular complexity index is 280. The van der Waals surface area contributed by atoms with E-state index in [2.05, 4.69) is 10.6 Å². The lowest BCUT2D eigenvalue weighted by Gasteiger charge is -2.32. The first-order chi connectivity index (χ1) is 7.22. The molecule has 1 aliphatic heterocycles. The Morgan fingerprint density at radius 3 is 2.60 bits per heavy atom. The van der Waals surface area contributed by atoms with Crippen molar-refractivity contribution >= 4 is 11.9 Å². The molecule has 2 N–H and O–H groups in total. The summed E-state index contributed by atoms with van der Waals surface area (Å²) in [7, 11) is 1.66. The van der Waals surface area contributed by atoms with Crippen LogP contribution in [-0.2, 0) is 9.53 Å². The highest BCUT2D eigenvalue weighted by atomic mass is 16.5. The number of ether oxygens (including phenoxy) is 1. The van der Waals surface area contributed by atoms with E-state index in [1.54, 1.807) is 7.11 Å². The molecule has 1 heterocycles. The third kappa shape index (κ3) is 1.97. The molecule has 0 radical (unpaired) electrons. The third-order valence-corrected chi connectivity index (χ3v) is 3.29. The number of rotatable bonds is 2. The van der Waals surface area contributed by atoms with Crippen LogP contribution >= 0.6 is 0 Å². The number of nitrogens with one attached hydrogen (secondary N) is 2. The summed E-state index contributed by atoms with van der Waals surface area (Å²) in [6.45, 7) is 0. The van der Waals surface area contributed by atoms with Gasteiger partial charge in [-0.25, -0.2) is 4.79 Å². The molecule has 0 spiro atoms. The van der Waals surface area contributed by atoms with Gasteiger partial charge in [-0.15, -0.1) is 0 Å². The monoisotopic (exact) mass is 212 g/mol. The van der Waals surface area contributed by atoms with Crippen molar-refractivity contribution in [1.29, 1.82) is 0 Å². The molecule has 5 heteroatoms. The van der Waals surface area contributed by atoms with E-state index in [0.29, 0.717) is 0 Å².